The molecule has 0 spiro atoms. The third-order valence-electron chi connectivity index (χ3n) is 2.43. The molecule has 3 heteroatoms. The molecule has 3 nitrogen and oxygen atoms in total. The van der Waals surface area contributed by atoms with E-state index in [0.29, 0.717) is 6.54 Å². The maximum atomic E-state index is 5.52. The van der Waals surface area contributed by atoms with Crippen molar-refractivity contribution in [1.82, 2.24) is 0 Å². The number of fused-ring (bicyclic) bond motifs is 1. The van der Waals surface area contributed by atoms with Crippen LogP contribution in [0, 0.1) is 0 Å². The third kappa shape index (κ3) is 2.19. The molecule has 15 heavy (non-hydrogen) atoms. The van der Waals surface area contributed by atoms with Gasteiger partial charge in [-0.25, -0.2) is 0 Å². The Balaban J connectivity index is 2.29. The van der Waals surface area contributed by atoms with Gasteiger partial charge in [-0.05, 0) is 30.2 Å². The topological polar surface area (TPSA) is 48.4 Å². The molecule has 2 aromatic rings. The molecule has 1 aromatic heterocycles. The molecule has 0 unspecified atom stereocenters. The summed E-state index contributed by atoms with van der Waals surface area (Å²) in [6, 6.07) is 8.16. The average molecular weight is 205 g/mol. The van der Waals surface area contributed by atoms with Gasteiger partial charge in [-0.3, -0.25) is 0 Å². The highest BCUT2D eigenvalue weighted by molar-refractivity contribution is 5.78. The molecule has 0 aliphatic rings. The van der Waals surface area contributed by atoms with Crippen LogP contribution in [0.15, 0.2) is 28.7 Å². The monoisotopic (exact) mass is 205 g/mol. The Kier molecular flexibility index (Phi) is 3.04. The Morgan fingerprint density at radius 1 is 1.33 bits per heavy atom. The second kappa shape index (κ2) is 4.47. The zero-order chi connectivity index (χ0) is 10.7. The van der Waals surface area contributed by atoms with Crippen LogP contribution in [-0.4, -0.2) is 13.7 Å². The number of benzene rings is 1. The number of methoxy groups -OCH3 is 1. The summed E-state index contributed by atoms with van der Waals surface area (Å²) < 4.78 is 10.6. The lowest BCUT2D eigenvalue weighted by molar-refractivity contribution is 0.202. The molecule has 0 aliphatic heterocycles. The van der Waals surface area contributed by atoms with Crippen molar-refractivity contribution in [1.29, 1.82) is 0 Å². The first-order valence-electron chi connectivity index (χ1n) is 5.04. The molecule has 0 saturated carbocycles. The van der Waals surface area contributed by atoms with Gasteiger partial charge in [-0.1, -0.05) is 6.07 Å². The van der Waals surface area contributed by atoms with Crippen LogP contribution in [0.25, 0.3) is 11.0 Å². The summed E-state index contributed by atoms with van der Waals surface area (Å²) in [5, 5.41) is 1.11. The molecule has 1 heterocycles. The van der Waals surface area contributed by atoms with Gasteiger partial charge in [0.1, 0.15) is 11.3 Å². The van der Waals surface area contributed by atoms with Gasteiger partial charge in [0.25, 0.3) is 0 Å². The van der Waals surface area contributed by atoms with E-state index in [0.717, 1.165) is 29.8 Å². The lowest BCUT2D eigenvalue weighted by Crippen LogP contribution is -1.93. The fourth-order valence-corrected chi connectivity index (χ4v) is 1.62. The second-order valence-corrected chi connectivity index (χ2v) is 3.53. The van der Waals surface area contributed by atoms with E-state index in [1.165, 1.54) is 5.56 Å². The van der Waals surface area contributed by atoms with Gasteiger partial charge in [0.15, 0.2) is 0 Å². The van der Waals surface area contributed by atoms with E-state index >= 15 is 0 Å². The van der Waals surface area contributed by atoms with Crippen LogP contribution in [0.4, 0.5) is 0 Å². The summed E-state index contributed by atoms with van der Waals surface area (Å²) >= 11 is 0. The minimum Gasteiger partial charge on any atom is -0.460 e. The normalized spacial score (nSPS) is 11.1. The van der Waals surface area contributed by atoms with Gasteiger partial charge in [0, 0.05) is 12.5 Å². The second-order valence-electron chi connectivity index (χ2n) is 3.53. The van der Waals surface area contributed by atoms with E-state index in [-0.39, 0.29) is 0 Å². The first kappa shape index (κ1) is 10.2. The highest BCUT2D eigenvalue weighted by Gasteiger charge is 2.02. The van der Waals surface area contributed by atoms with E-state index in [1.807, 2.05) is 12.1 Å². The highest BCUT2D eigenvalue weighted by Crippen LogP contribution is 2.20. The third-order valence-corrected chi connectivity index (χ3v) is 2.43. The number of hydrogen-bond donors (Lipinski definition) is 1. The first-order chi connectivity index (χ1) is 7.33. The van der Waals surface area contributed by atoms with Crippen molar-refractivity contribution in [3.05, 3.63) is 35.6 Å². The summed E-state index contributed by atoms with van der Waals surface area (Å²) in [7, 11) is 1.71. The molecule has 1 aromatic carbocycles. The Morgan fingerprint density at radius 2 is 2.20 bits per heavy atom. The number of hydrogen-bond acceptors (Lipinski definition) is 3. The molecule has 0 saturated heterocycles. The van der Waals surface area contributed by atoms with E-state index in [4.69, 9.17) is 14.9 Å². The molecule has 0 amide bonds. The largest absolute Gasteiger partial charge is 0.460 e. The van der Waals surface area contributed by atoms with Crippen molar-refractivity contribution >= 4 is 11.0 Å². The van der Waals surface area contributed by atoms with Crippen molar-refractivity contribution in [2.75, 3.05) is 13.7 Å². The van der Waals surface area contributed by atoms with E-state index in [9.17, 15) is 0 Å². The van der Waals surface area contributed by atoms with Gasteiger partial charge in [-0.2, -0.15) is 0 Å². The molecule has 0 aliphatic carbocycles. The molecule has 2 N–H and O–H groups in total. The number of nitrogens with two attached hydrogens (primary N) is 1. The Bertz CT molecular complexity index is 448. The average Bonchev–Trinajstić information content (AvgIpc) is 2.68. The van der Waals surface area contributed by atoms with Gasteiger partial charge in [0.05, 0.1) is 13.2 Å². The predicted molar refractivity (Wildman–Crippen MR) is 59.7 cm³/mol. The molecular weight excluding hydrogens is 190 g/mol. The van der Waals surface area contributed by atoms with Crippen molar-refractivity contribution in [2.45, 2.75) is 13.0 Å². The smallest absolute Gasteiger partial charge is 0.134 e. The maximum absolute atomic E-state index is 5.52. The van der Waals surface area contributed by atoms with Gasteiger partial charge < -0.3 is 14.9 Å². The lowest BCUT2D eigenvalue weighted by Gasteiger charge is -1.99. The fraction of sp³-hybridized carbons (Fsp3) is 0.333. The minimum absolute atomic E-state index is 0.447. The van der Waals surface area contributed by atoms with Crippen LogP contribution in [0.2, 0.25) is 0 Å². The molecule has 80 valence electrons. The first-order valence-corrected chi connectivity index (χ1v) is 5.04. The van der Waals surface area contributed by atoms with Gasteiger partial charge in [-0.15, -0.1) is 0 Å². The molecule has 0 atom stereocenters. The summed E-state index contributed by atoms with van der Waals surface area (Å²) in [5.74, 6) is 0.828. The Morgan fingerprint density at radius 3 is 2.93 bits per heavy atom. The van der Waals surface area contributed by atoms with E-state index in [1.54, 1.807) is 7.11 Å². The summed E-state index contributed by atoms with van der Waals surface area (Å²) in [5.41, 5.74) is 7.68. The zero-order valence-corrected chi connectivity index (χ0v) is 8.82. The number of ether oxygens (including phenoxy) is 1. The van der Waals surface area contributed by atoms with Crippen molar-refractivity contribution in [2.24, 2.45) is 5.73 Å². The maximum Gasteiger partial charge on any atom is 0.134 e. The molecule has 0 radical (unpaired) electrons. The Labute approximate surface area is 88.8 Å². The molecular formula is C12H15NO2. The Hall–Kier alpha value is -1.32. The standard InChI is InChI=1S/C12H15NO2/c1-14-5-4-9-2-3-12-10(6-9)7-11(8-13)15-12/h2-3,6-7H,4-5,8,13H2,1H3. The van der Waals surface area contributed by atoms with Crippen molar-refractivity contribution < 1.29 is 9.15 Å². The fourth-order valence-electron chi connectivity index (χ4n) is 1.62. The van der Waals surface area contributed by atoms with Crippen LogP contribution in [0.1, 0.15) is 11.3 Å². The lowest BCUT2D eigenvalue weighted by atomic mass is 10.1. The number of rotatable bonds is 4. The van der Waals surface area contributed by atoms with Crippen molar-refractivity contribution in [3.63, 3.8) is 0 Å². The van der Waals surface area contributed by atoms with Crippen LogP contribution in [0.5, 0.6) is 0 Å². The summed E-state index contributed by atoms with van der Waals surface area (Å²) in [6.07, 6.45) is 0.926. The molecule has 0 fully saturated rings. The van der Waals surface area contributed by atoms with Gasteiger partial charge in [0.2, 0.25) is 0 Å². The van der Waals surface area contributed by atoms with Gasteiger partial charge >= 0.3 is 0 Å². The highest BCUT2D eigenvalue weighted by atomic mass is 16.5. The SMILES string of the molecule is COCCc1ccc2oc(CN)cc2c1. The van der Waals surface area contributed by atoms with Crippen LogP contribution in [-0.2, 0) is 17.7 Å². The summed E-state index contributed by atoms with van der Waals surface area (Å²) in [6.45, 7) is 1.19. The summed E-state index contributed by atoms with van der Waals surface area (Å²) in [4.78, 5) is 0. The van der Waals surface area contributed by atoms with Crippen molar-refractivity contribution in [3.8, 4) is 0 Å². The zero-order valence-electron chi connectivity index (χ0n) is 8.82. The van der Waals surface area contributed by atoms with Crippen LogP contribution < -0.4 is 5.73 Å². The van der Waals surface area contributed by atoms with Crippen LogP contribution >= 0.6 is 0 Å². The van der Waals surface area contributed by atoms with E-state index in [2.05, 4.69) is 12.1 Å². The quantitative estimate of drug-likeness (QED) is 0.831. The van der Waals surface area contributed by atoms with E-state index < -0.39 is 0 Å². The van der Waals surface area contributed by atoms with Crippen LogP contribution in [0.3, 0.4) is 0 Å². The molecule has 2 rings (SSSR count). The molecule has 0 bridgehead atoms. The predicted octanol–water partition coefficient (Wildman–Crippen LogP) is 2.08. The minimum atomic E-state index is 0.447. The number of furan rings is 1.